The molecule has 26 heavy (non-hydrogen) atoms. The highest BCUT2D eigenvalue weighted by Crippen LogP contribution is 2.53. The summed E-state index contributed by atoms with van der Waals surface area (Å²) in [5, 5.41) is 0.627. The monoisotopic (exact) mass is 400 g/mol. The van der Waals surface area contributed by atoms with Crippen LogP contribution in [0, 0.1) is 0 Å². The minimum Gasteiger partial charge on any atom is -0.337 e. The fourth-order valence-electron chi connectivity index (χ4n) is 3.20. The highest BCUT2D eigenvalue weighted by molar-refractivity contribution is 8.21. The summed E-state index contributed by atoms with van der Waals surface area (Å²) in [5.41, 5.74) is 0.408. The van der Waals surface area contributed by atoms with Crippen LogP contribution in [0.15, 0.2) is 43.0 Å². The standard InChI is InChI=1S/C19H23F3N2S2/c1-2-17-13-25-18(26-17,8-3-10-24-11-9-23-14-24)12-15-4-6-16(7-5-15)19(20,21)22/h4-7,9,11,14,17H,2-3,8,10,12-13H2,1H3. The highest BCUT2D eigenvalue weighted by atomic mass is 32.2. The van der Waals surface area contributed by atoms with Crippen molar-refractivity contribution in [3.63, 3.8) is 0 Å². The van der Waals surface area contributed by atoms with Crippen molar-refractivity contribution in [1.82, 2.24) is 9.55 Å². The van der Waals surface area contributed by atoms with Crippen molar-refractivity contribution >= 4 is 23.5 Å². The molecule has 0 saturated carbocycles. The van der Waals surface area contributed by atoms with Gasteiger partial charge < -0.3 is 4.57 Å². The summed E-state index contributed by atoms with van der Waals surface area (Å²) in [6.45, 7) is 3.13. The van der Waals surface area contributed by atoms with E-state index < -0.39 is 11.7 Å². The van der Waals surface area contributed by atoms with Crippen molar-refractivity contribution in [1.29, 1.82) is 0 Å². The van der Waals surface area contributed by atoms with E-state index >= 15 is 0 Å². The number of benzene rings is 1. The van der Waals surface area contributed by atoms with E-state index in [0.29, 0.717) is 5.25 Å². The van der Waals surface area contributed by atoms with E-state index in [1.807, 2.05) is 36.0 Å². The predicted octanol–water partition coefficient (Wildman–Crippen LogP) is 5.88. The molecule has 0 spiro atoms. The zero-order chi connectivity index (χ0) is 18.6. The summed E-state index contributed by atoms with van der Waals surface area (Å²) < 4.78 is 40.5. The molecule has 2 aromatic rings. The number of aryl methyl sites for hydroxylation is 1. The molecule has 1 aromatic heterocycles. The Morgan fingerprint density at radius 1 is 1.27 bits per heavy atom. The summed E-state index contributed by atoms with van der Waals surface area (Å²) in [7, 11) is 0. The Balaban J connectivity index is 1.67. The van der Waals surface area contributed by atoms with Crippen molar-refractivity contribution in [2.24, 2.45) is 0 Å². The van der Waals surface area contributed by atoms with Gasteiger partial charge in [0, 0.05) is 29.9 Å². The number of rotatable bonds is 7. The molecule has 0 N–H and O–H groups in total. The first-order valence-corrected chi connectivity index (χ1v) is 10.7. The fourth-order valence-corrected chi connectivity index (χ4v) is 7.13. The molecule has 7 heteroatoms. The van der Waals surface area contributed by atoms with E-state index in [0.717, 1.165) is 43.5 Å². The van der Waals surface area contributed by atoms with Gasteiger partial charge in [-0.15, -0.1) is 23.5 Å². The summed E-state index contributed by atoms with van der Waals surface area (Å²) >= 11 is 4.00. The Labute approximate surface area is 161 Å². The molecular formula is C19H23F3N2S2. The SMILES string of the molecule is CCC1CSC(CCCn2ccnc2)(Cc2ccc(C(F)(F)F)cc2)S1. The lowest BCUT2D eigenvalue weighted by Crippen LogP contribution is -2.22. The van der Waals surface area contributed by atoms with E-state index in [2.05, 4.69) is 16.5 Å². The zero-order valence-electron chi connectivity index (χ0n) is 14.7. The van der Waals surface area contributed by atoms with Gasteiger partial charge in [-0.3, -0.25) is 0 Å². The summed E-state index contributed by atoms with van der Waals surface area (Å²) in [6.07, 6.45) is 5.31. The van der Waals surface area contributed by atoms with E-state index in [-0.39, 0.29) is 4.08 Å². The highest BCUT2D eigenvalue weighted by Gasteiger charge is 2.40. The average molecular weight is 401 g/mol. The third-order valence-electron chi connectivity index (χ3n) is 4.66. The van der Waals surface area contributed by atoms with Crippen LogP contribution in [0.25, 0.3) is 0 Å². The van der Waals surface area contributed by atoms with Crippen molar-refractivity contribution in [2.45, 2.75) is 54.7 Å². The van der Waals surface area contributed by atoms with Gasteiger partial charge >= 0.3 is 6.18 Å². The van der Waals surface area contributed by atoms with Crippen molar-refractivity contribution in [2.75, 3.05) is 5.75 Å². The minimum atomic E-state index is -4.27. The Bertz CT molecular complexity index is 686. The van der Waals surface area contributed by atoms with Gasteiger partial charge in [-0.2, -0.15) is 13.2 Å². The molecule has 1 aliphatic heterocycles. The summed E-state index contributed by atoms with van der Waals surface area (Å²) in [6, 6.07) is 5.69. The van der Waals surface area contributed by atoms with Crippen LogP contribution in [0.1, 0.15) is 37.3 Å². The Kier molecular flexibility index (Phi) is 6.28. The van der Waals surface area contributed by atoms with Gasteiger partial charge in [0.1, 0.15) is 0 Å². The second kappa shape index (κ2) is 8.30. The molecule has 0 bridgehead atoms. The average Bonchev–Trinajstić information content (AvgIpc) is 3.25. The first kappa shape index (κ1) is 19.7. The number of halogens is 3. The molecule has 0 aliphatic carbocycles. The first-order chi connectivity index (χ1) is 12.4. The molecule has 0 radical (unpaired) electrons. The molecule has 1 aliphatic rings. The lowest BCUT2D eigenvalue weighted by atomic mass is 10.0. The van der Waals surface area contributed by atoms with Crippen molar-refractivity contribution in [3.05, 3.63) is 54.1 Å². The lowest BCUT2D eigenvalue weighted by Gasteiger charge is -2.28. The maximum atomic E-state index is 12.8. The summed E-state index contributed by atoms with van der Waals surface area (Å²) in [4.78, 5) is 4.07. The Morgan fingerprint density at radius 3 is 2.62 bits per heavy atom. The second-order valence-corrected chi connectivity index (χ2v) is 9.99. The maximum Gasteiger partial charge on any atom is 0.416 e. The summed E-state index contributed by atoms with van der Waals surface area (Å²) in [5.74, 6) is 1.12. The van der Waals surface area contributed by atoms with E-state index in [4.69, 9.17) is 0 Å². The van der Waals surface area contributed by atoms with Gasteiger partial charge in [0.2, 0.25) is 0 Å². The third kappa shape index (κ3) is 5.00. The lowest BCUT2D eigenvalue weighted by molar-refractivity contribution is -0.137. The van der Waals surface area contributed by atoms with Gasteiger partial charge in [0.05, 0.1) is 16.0 Å². The van der Waals surface area contributed by atoms with Crippen LogP contribution in [0.3, 0.4) is 0 Å². The zero-order valence-corrected chi connectivity index (χ0v) is 16.3. The normalized spacial score (nSPS) is 23.5. The Hall–Kier alpha value is -1.08. The number of hydrogen-bond donors (Lipinski definition) is 0. The largest absolute Gasteiger partial charge is 0.416 e. The number of alkyl halides is 3. The molecular weight excluding hydrogens is 377 g/mol. The molecule has 1 saturated heterocycles. The number of hydrogen-bond acceptors (Lipinski definition) is 3. The molecule has 2 nitrogen and oxygen atoms in total. The van der Waals surface area contributed by atoms with Crippen molar-refractivity contribution in [3.8, 4) is 0 Å². The number of aromatic nitrogens is 2. The van der Waals surface area contributed by atoms with Gasteiger partial charge in [-0.1, -0.05) is 19.1 Å². The molecule has 1 aromatic carbocycles. The van der Waals surface area contributed by atoms with Crippen LogP contribution in [0.5, 0.6) is 0 Å². The minimum absolute atomic E-state index is 0.0566. The van der Waals surface area contributed by atoms with Gasteiger partial charge in [0.15, 0.2) is 0 Å². The molecule has 0 amide bonds. The predicted molar refractivity (Wildman–Crippen MR) is 103 cm³/mol. The molecule has 142 valence electrons. The van der Waals surface area contributed by atoms with Gasteiger partial charge in [0.25, 0.3) is 0 Å². The molecule has 2 atom stereocenters. The van der Waals surface area contributed by atoms with E-state index in [9.17, 15) is 13.2 Å². The number of thioether (sulfide) groups is 2. The van der Waals surface area contributed by atoms with Crippen LogP contribution in [-0.4, -0.2) is 24.6 Å². The maximum absolute atomic E-state index is 12.8. The van der Waals surface area contributed by atoms with Crippen LogP contribution < -0.4 is 0 Å². The smallest absolute Gasteiger partial charge is 0.337 e. The second-order valence-electron chi connectivity index (χ2n) is 6.65. The van der Waals surface area contributed by atoms with Gasteiger partial charge in [-0.05, 0) is 43.4 Å². The topological polar surface area (TPSA) is 17.8 Å². The van der Waals surface area contributed by atoms with Crippen molar-refractivity contribution < 1.29 is 13.2 Å². The fraction of sp³-hybridized carbons (Fsp3) is 0.526. The quantitative estimate of drug-likeness (QED) is 0.578. The van der Waals surface area contributed by atoms with E-state index in [1.165, 1.54) is 12.1 Å². The van der Waals surface area contributed by atoms with Crippen LogP contribution in [0.2, 0.25) is 0 Å². The third-order valence-corrected chi connectivity index (χ3v) is 8.57. The van der Waals surface area contributed by atoms with Crippen LogP contribution in [-0.2, 0) is 19.1 Å². The van der Waals surface area contributed by atoms with Crippen LogP contribution in [0.4, 0.5) is 13.2 Å². The molecule has 3 rings (SSSR count). The number of nitrogens with zero attached hydrogens (tertiary/aromatic N) is 2. The molecule has 2 heterocycles. The molecule has 2 unspecified atom stereocenters. The van der Waals surface area contributed by atoms with Gasteiger partial charge in [-0.25, -0.2) is 4.98 Å². The Morgan fingerprint density at radius 2 is 2.04 bits per heavy atom. The van der Waals surface area contributed by atoms with Crippen LogP contribution >= 0.6 is 23.5 Å². The first-order valence-electron chi connectivity index (χ1n) is 8.84. The van der Waals surface area contributed by atoms with E-state index in [1.54, 1.807) is 18.3 Å². The number of imidazole rings is 1. The molecule has 1 fully saturated rings.